The SMILES string of the molecule is CCc1ccc(Oc2ncc(Br)cn2)cc1C1=C(O)CC(C)(C)CC1=O. The van der Waals surface area contributed by atoms with Gasteiger partial charge < -0.3 is 9.84 Å². The molecule has 1 aliphatic rings. The molecule has 2 aromatic rings. The van der Waals surface area contributed by atoms with Gasteiger partial charge in [-0.25, -0.2) is 9.97 Å². The van der Waals surface area contributed by atoms with Crippen LogP contribution >= 0.6 is 15.9 Å². The van der Waals surface area contributed by atoms with E-state index in [2.05, 4.69) is 25.9 Å². The van der Waals surface area contributed by atoms with Crippen LogP contribution in [0.25, 0.3) is 5.57 Å². The van der Waals surface area contributed by atoms with E-state index < -0.39 is 0 Å². The van der Waals surface area contributed by atoms with Crippen molar-refractivity contribution < 1.29 is 14.6 Å². The predicted molar refractivity (Wildman–Crippen MR) is 103 cm³/mol. The molecule has 26 heavy (non-hydrogen) atoms. The third-order valence-corrected chi connectivity index (χ3v) is 4.80. The molecule has 0 saturated heterocycles. The molecule has 1 aromatic carbocycles. The van der Waals surface area contributed by atoms with Crippen molar-refractivity contribution in [3.63, 3.8) is 0 Å². The summed E-state index contributed by atoms with van der Waals surface area (Å²) in [6, 6.07) is 5.74. The second kappa shape index (κ2) is 7.19. The van der Waals surface area contributed by atoms with Crippen molar-refractivity contribution in [3.05, 3.63) is 52.0 Å². The van der Waals surface area contributed by atoms with E-state index in [4.69, 9.17) is 4.74 Å². The van der Waals surface area contributed by atoms with Crippen molar-refractivity contribution in [1.82, 2.24) is 9.97 Å². The van der Waals surface area contributed by atoms with Gasteiger partial charge in [-0.05, 0) is 51.0 Å². The number of benzene rings is 1. The highest BCUT2D eigenvalue weighted by molar-refractivity contribution is 9.10. The molecule has 136 valence electrons. The lowest BCUT2D eigenvalue weighted by atomic mass is 9.74. The molecular formula is C20H21BrN2O3. The summed E-state index contributed by atoms with van der Waals surface area (Å²) in [5.74, 6) is 0.640. The van der Waals surface area contributed by atoms with Gasteiger partial charge >= 0.3 is 6.01 Å². The topological polar surface area (TPSA) is 72.3 Å². The van der Waals surface area contributed by atoms with Gasteiger partial charge in [-0.1, -0.05) is 26.8 Å². The molecule has 6 heteroatoms. The van der Waals surface area contributed by atoms with Crippen LogP contribution in [0.4, 0.5) is 0 Å². The van der Waals surface area contributed by atoms with Crippen LogP contribution in [0.1, 0.15) is 44.7 Å². The first-order valence-electron chi connectivity index (χ1n) is 8.53. The van der Waals surface area contributed by atoms with Crippen LogP contribution in [0.2, 0.25) is 0 Å². The van der Waals surface area contributed by atoms with Crippen LogP contribution in [0.5, 0.6) is 11.8 Å². The largest absolute Gasteiger partial charge is 0.512 e. The lowest BCUT2D eigenvalue weighted by Crippen LogP contribution is -2.25. The highest BCUT2D eigenvalue weighted by Gasteiger charge is 2.34. The van der Waals surface area contributed by atoms with Crippen molar-refractivity contribution in [1.29, 1.82) is 0 Å². The third kappa shape index (κ3) is 3.96. The van der Waals surface area contributed by atoms with Gasteiger partial charge in [0.15, 0.2) is 5.78 Å². The number of ether oxygens (including phenoxy) is 1. The van der Waals surface area contributed by atoms with E-state index in [1.807, 2.05) is 32.9 Å². The fourth-order valence-corrected chi connectivity index (χ4v) is 3.42. The van der Waals surface area contributed by atoms with Gasteiger partial charge in [0.05, 0.1) is 10.0 Å². The number of hydrogen-bond donors (Lipinski definition) is 1. The number of ketones is 1. The first-order chi connectivity index (χ1) is 12.3. The number of aryl methyl sites for hydroxylation is 1. The lowest BCUT2D eigenvalue weighted by molar-refractivity contribution is -0.116. The van der Waals surface area contributed by atoms with E-state index in [0.29, 0.717) is 24.2 Å². The van der Waals surface area contributed by atoms with Crippen molar-refractivity contribution in [2.75, 3.05) is 0 Å². The zero-order chi connectivity index (χ0) is 18.9. The average molecular weight is 417 g/mol. The Labute approximate surface area is 161 Å². The fraction of sp³-hybridized carbons (Fsp3) is 0.350. The molecule has 0 bridgehead atoms. The molecule has 1 N–H and O–H groups in total. The Morgan fingerprint density at radius 1 is 1.23 bits per heavy atom. The molecule has 0 spiro atoms. The van der Waals surface area contributed by atoms with Crippen LogP contribution in [0, 0.1) is 5.41 Å². The van der Waals surface area contributed by atoms with Gasteiger partial charge in [0.1, 0.15) is 11.5 Å². The van der Waals surface area contributed by atoms with E-state index in [0.717, 1.165) is 22.0 Å². The molecule has 1 aromatic heterocycles. The zero-order valence-electron chi connectivity index (χ0n) is 15.0. The molecule has 0 amide bonds. The van der Waals surface area contributed by atoms with E-state index in [9.17, 15) is 9.90 Å². The Balaban J connectivity index is 2.01. The number of hydrogen-bond acceptors (Lipinski definition) is 5. The summed E-state index contributed by atoms with van der Waals surface area (Å²) in [4.78, 5) is 20.9. The number of Topliss-reactive ketones (excluding diaryl/α,β-unsaturated/α-hetero) is 1. The third-order valence-electron chi connectivity index (χ3n) is 4.39. The Morgan fingerprint density at radius 2 is 1.92 bits per heavy atom. The van der Waals surface area contributed by atoms with E-state index >= 15 is 0 Å². The van der Waals surface area contributed by atoms with Gasteiger partial charge in [-0.3, -0.25) is 4.79 Å². The summed E-state index contributed by atoms with van der Waals surface area (Å²) in [6.07, 6.45) is 4.85. The summed E-state index contributed by atoms with van der Waals surface area (Å²) in [7, 11) is 0. The number of aliphatic hydroxyl groups excluding tert-OH is 1. The van der Waals surface area contributed by atoms with Crippen molar-refractivity contribution in [3.8, 4) is 11.8 Å². The highest BCUT2D eigenvalue weighted by Crippen LogP contribution is 2.41. The quantitative estimate of drug-likeness (QED) is 0.736. The summed E-state index contributed by atoms with van der Waals surface area (Å²) in [5, 5.41) is 10.5. The summed E-state index contributed by atoms with van der Waals surface area (Å²) in [5.41, 5.74) is 1.89. The Bertz CT molecular complexity index is 873. The van der Waals surface area contributed by atoms with Gasteiger partial charge in [0.2, 0.25) is 0 Å². The standard InChI is InChI=1S/C20H21BrN2O3/c1-4-12-5-6-14(26-19-22-10-13(21)11-23-19)7-15(12)18-16(24)8-20(2,3)9-17(18)25/h5-7,10-11,24H,4,8-9H2,1-3H3. The maximum Gasteiger partial charge on any atom is 0.321 e. The maximum absolute atomic E-state index is 12.7. The smallest absolute Gasteiger partial charge is 0.321 e. The first kappa shape index (κ1) is 18.6. The molecule has 1 aliphatic carbocycles. The minimum Gasteiger partial charge on any atom is -0.512 e. The number of nitrogens with zero attached hydrogens (tertiary/aromatic N) is 2. The van der Waals surface area contributed by atoms with Crippen LogP contribution in [0.15, 0.2) is 40.8 Å². The zero-order valence-corrected chi connectivity index (χ0v) is 16.6. The van der Waals surface area contributed by atoms with Gasteiger partial charge in [-0.2, -0.15) is 0 Å². The molecule has 5 nitrogen and oxygen atoms in total. The predicted octanol–water partition coefficient (Wildman–Crippen LogP) is 5.25. The number of rotatable bonds is 4. The Hall–Kier alpha value is -2.21. The second-order valence-corrected chi connectivity index (χ2v) is 8.14. The van der Waals surface area contributed by atoms with E-state index in [1.54, 1.807) is 18.5 Å². The second-order valence-electron chi connectivity index (χ2n) is 7.22. The summed E-state index contributed by atoms with van der Waals surface area (Å²) in [6.45, 7) is 6.00. The Morgan fingerprint density at radius 3 is 2.54 bits per heavy atom. The molecule has 1 heterocycles. The van der Waals surface area contributed by atoms with Gasteiger partial charge in [0.25, 0.3) is 0 Å². The molecule has 0 aliphatic heterocycles. The number of aromatic nitrogens is 2. The number of carbonyl (C=O) groups is 1. The number of allylic oxidation sites excluding steroid dienone is 2. The van der Waals surface area contributed by atoms with Crippen LogP contribution in [-0.2, 0) is 11.2 Å². The van der Waals surface area contributed by atoms with Crippen LogP contribution < -0.4 is 4.74 Å². The summed E-state index contributed by atoms with van der Waals surface area (Å²) >= 11 is 3.28. The van der Waals surface area contributed by atoms with Crippen molar-refractivity contribution in [2.45, 2.75) is 40.0 Å². The van der Waals surface area contributed by atoms with Crippen molar-refractivity contribution >= 4 is 27.3 Å². The highest BCUT2D eigenvalue weighted by atomic mass is 79.9. The summed E-state index contributed by atoms with van der Waals surface area (Å²) < 4.78 is 6.48. The minimum atomic E-state index is -0.226. The van der Waals surface area contributed by atoms with Crippen molar-refractivity contribution in [2.24, 2.45) is 5.41 Å². The first-order valence-corrected chi connectivity index (χ1v) is 9.32. The maximum atomic E-state index is 12.7. The normalized spacial score (nSPS) is 16.7. The molecule has 3 rings (SSSR count). The van der Waals surface area contributed by atoms with Crippen LogP contribution in [0.3, 0.4) is 0 Å². The van der Waals surface area contributed by atoms with E-state index in [1.165, 1.54) is 0 Å². The number of aliphatic hydroxyl groups is 1. The minimum absolute atomic E-state index is 0.0366. The number of halogens is 1. The molecule has 0 saturated carbocycles. The van der Waals surface area contributed by atoms with Crippen LogP contribution in [-0.4, -0.2) is 20.9 Å². The average Bonchev–Trinajstić information content (AvgIpc) is 2.55. The molecular weight excluding hydrogens is 396 g/mol. The lowest BCUT2D eigenvalue weighted by Gasteiger charge is -2.30. The fourth-order valence-electron chi connectivity index (χ4n) is 3.21. The Kier molecular flexibility index (Phi) is 5.14. The van der Waals surface area contributed by atoms with Gasteiger partial charge in [-0.15, -0.1) is 0 Å². The monoisotopic (exact) mass is 416 g/mol. The molecule has 0 radical (unpaired) electrons. The molecule has 0 unspecified atom stereocenters. The molecule has 0 atom stereocenters. The molecule has 0 fully saturated rings. The number of carbonyl (C=O) groups excluding carboxylic acids is 1. The van der Waals surface area contributed by atoms with E-state index in [-0.39, 0.29) is 23.0 Å². The van der Waals surface area contributed by atoms with Gasteiger partial charge in [0, 0.05) is 25.2 Å².